The summed E-state index contributed by atoms with van der Waals surface area (Å²) in [7, 11) is 0. The van der Waals surface area contributed by atoms with Crippen molar-refractivity contribution < 1.29 is 5.11 Å². The topological polar surface area (TPSA) is 32.3 Å². The van der Waals surface area contributed by atoms with Crippen LogP contribution < -0.4 is 5.32 Å². The van der Waals surface area contributed by atoms with Crippen LogP contribution in [0.15, 0.2) is 60.7 Å². The largest absolute Gasteiger partial charge is 0.394 e. The highest BCUT2D eigenvalue weighted by molar-refractivity contribution is 5.24. The molecule has 2 nitrogen and oxygen atoms in total. The number of hydrogen-bond acceptors (Lipinski definition) is 2. The smallest absolute Gasteiger partial charge is 0.0626 e. The summed E-state index contributed by atoms with van der Waals surface area (Å²) in [5, 5.41) is 13.4. The quantitative estimate of drug-likeness (QED) is 0.840. The summed E-state index contributed by atoms with van der Waals surface area (Å²) >= 11 is 0. The predicted octanol–water partition coefficient (Wildman–Crippen LogP) is 3.46. The van der Waals surface area contributed by atoms with Gasteiger partial charge >= 0.3 is 0 Å². The maximum atomic E-state index is 9.71. The third kappa shape index (κ3) is 3.09. The normalized spacial score (nSPS) is 17.6. The molecule has 2 unspecified atom stereocenters. The fourth-order valence-electron chi connectivity index (χ4n) is 2.75. The molecule has 1 aliphatic rings. The summed E-state index contributed by atoms with van der Waals surface area (Å²) in [6.07, 6.45) is 2.55. The second-order valence-electron chi connectivity index (χ2n) is 5.54. The van der Waals surface area contributed by atoms with E-state index in [1.165, 1.54) is 18.4 Å². The van der Waals surface area contributed by atoms with Crippen molar-refractivity contribution in [2.75, 3.05) is 6.61 Å². The van der Waals surface area contributed by atoms with Gasteiger partial charge in [0.15, 0.2) is 0 Å². The van der Waals surface area contributed by atoms with Gasteiger partial charge in [-0.3, -0.25) is 0 Å². The molecule has 104 valence electrons. The van der Waals surface area contributed by atoms with Crippen LogP contribution >= 0.6 is 0 Å². The Balaban J connectivity index is 1.79. The number of rotatable bonds is 6. The van der Waals surface area contributed by atoms with Gasteiger partial charge in [-0.15, -0.1) is 0 Å². The van der Waals surface area contributed by atoms with Gasteiger partial charge in [-0.25, -0.2) is 0 Å². The van der Waals surface area contributed by atoms with Crippen LogP contribution in [0.3, 0.4) is 0 Å². The molecule has 1 fully saturated rings. The highest BCUT2D eigenvalue weighted by Crippen LogP contribution is 2.42. The molecule has 0 saturated heterocycles. The van der Waals surface area contributed by atoms with Gasteiger partial charge < -0.3 is 10.4 Å². The van der Waals surface area contributed by atoms with E-state index in [4.69, 9.17) is 0 Å². The fourth-order valence-corrected chi connectivity index (χ4v) is 2.75. The number of aliphatic hydroxyl groups excluding tert-OH is 1. The Labute approximate surface area is 120 Å². The van der Waals surface area contributed by atoms with E-state index in [9.17, 15) is 5.11 Å². The van der Waals surface area contributed by atoms with Crippen molar-refractivity contribution in [1.82, 2.24) is 5.32 Å². The Bertz CT molecular complexity index is 522. The molecule has 0 amide bonds. The second kappa shape index (κ2) is 6.21. The SMILES string of the molecule is OCC(NC(c1ccccc1)C1CC1)c1ccccc1. The lowest BCUT2D eigenvalue weighted by molar-refractivity contribution is 0.228. The summed E-state index contributed by atoms with van der Waals surface area (Å²) < 4.78 is 0. The highest BCUT2D eigenvalue weighted by atomic mass is 16.3. The molecule has 0 aliphatic heterocycles. The van der Waals surface area contributed by atoms with E-state index in [2.05, 4.69) is 41.7 Å². The maximum Gasteiger partial charge on any atom is 0.0626 e. The average Bonchev–Trinajstić information content (AvgIpc) is 3.35. The van der Waals surface area contributed by atoms with Crippen molar-refractivity contribution in [2.45, 2.75) is 24.9 Å². The van der Waals surface area contributed by atoms with Crippen LogP contribution in [0.2, 0.25) is 0 Å². The first-order chi connectivity index (χ1) is 9.88. The number of nitrogens with one attached hydrogen (secondary N) is 1. The summed E-state index contributed by atoms with van der Waals surface area (Å²) in [6, 6.07) is 21.1. The molecule has 2 N–H and O–H groups in total. The van der Waals surface area contributed by atoms with Crippen LogP contribution in [0.25, 0.3) is 0 Å². The molecule has 1 aliphatic carbocycles. The van der Waals surface area contributed by atoms with Gasteiger partial charge in [0.2, 0.25) is 0 Å². The van der Waals surface area contributed by atoms with Crippen LogP contribution in [-0.4, -0.2) is 11.7 Å². The molecule has 0 bridgehead atoms. The molecule has 1 saturated carbocycles. The first-order valence-electron chi connectivity index (χ1n) is 7.35. The van der Waals surface area contributed by atoms with Gasteiger partial charge in [-0.1, -0.05) is 60.7 Å². The standard InChI is InChI=1S/C18H21NO/c20-13-17(14-7-3-1-4-8-14)19-18(16-11-12-16)15-9-5-2-6-10-15/h1-10,16-20H,11-13H2. The first kappa shape index (κ1) is 13.3. The van der Waals surface area contributed by atoms with Crippen LogP contribution in [0.1, 0.15) is 36.1 Å². The van der Waals surface area contributed by atoms with Crippen molar-refractivity contribution in [2.24, 2.45) is 5.92 Å². The number of aliphatic hydroxyl groups is 1. The van der Waals surface area contributed by atoms with E-state index < -0.39 is 0 Å². The molecule has 0 spiro atoms. The Hall–Kier alpha value is -1.64. The lowest BCUT2D eigenvalue weighted by Gasteiger charge is -2.25. The van der Waals surface area contributed by atoms with E-state index in [1.807, 2.05) is 24.3 Å². The zero-order valence-corrected chi connectivity index (χ0v) is 11.6. The van der Waals surface area contributed by atoms with Gasteiger partial charge in [0.25, 0.3) is 0 Å². The molecule has 20 heavy (non-hydrogen) atoms. The molecule has 0 radical (unpaired) electrons. The summed E-state index contributed by atoms with van der Waals surface area (Å²) in [5.41, 5.74) is 2.47. The van der Waals surface area contributed by atoms with Gasteiger partial charge in [0, 0.05) is 6.04 Å². The molecule has 0 aromatic heterocycles. The van der Waals surface area contributed by atoms with E-state index in [0.717, 1.165) is 5.56 Å². The lowest BCUT2D eigenvalue weighted by Crippen LogP contribution is -2.30. The number of benzene rings is 2. The minimum absolute atomic E-state index is 0.00186. The molecule has 0 heterocycles. The third-order valence-electron chi connectivity index (χ3n) is 4.02. The van der Waals surface area contributed by atoms with E-state index in [-0.39, 0.29) is 12.6 Å². The van der Waals surface area contributed by atoms with Gasteiger partial charge in [-0.05, 0) is 29.9 Å². The van der Waals surface area contributed by atoms with Crippen molar-refractivity contribution in [3.63, 3.8) is 0 Å². The van der Waals surface area contributed by atoms with Crippen LogP contribution in [-0.2, 0) is 0 Å². The zero-order valence-electron chi connectivity index (χ0n) is 11.6. The first-order valence-corrected chi connectivity index (χ1v) is 7.35. The van der Waals surface area contributed by atoms with Crippen LogP contribution in [0, 0.1) is 5.92 Å². The van der Waals surface area contributed by atoms with Crippen LogP contribution in [0.4, 0.5) is 0 Å². The minimum atomic E-state index is 0.00186. The Kier molecular flexibility index (Phi) is 4.14. The average molecular weight is 267 g/mol. The van der Waals surface area contributed by atoms with Crippen molar-refractivity contribution in [3.05, 3.63) is 71.8 Å². The zero-order chi connectivity index (χ0) is 13.8. The minimum Gasteiger partial charge on any atom is -0.394 e. The Morgan fingerprint density at radius 2 is 1.45 bits per heavy atom. The summed E-state index contributed by atoms with van der Waals surface area (Å²) in [5.74, 6) is 0.704. The van der Waals surface area contributed by atoms with E-state index >= 15 is 0 Å². The Morgan fingerprint density at radius 1 is 0.900 bits per heavy atom. The van der Waals surface area contributed by atoms with Crippen molar-refractivity contribution >= 4 is 0 Å². The summed E-state index contributed by atoms with van der Waals surface area (Å²) in [4.78, 5) is 0. The highest BCUT2D eigenvalue weighted by Gasteiger charge is 2.33. The molecule has 2 heteroatoms. The van der Waals surface area contributed by atoms with Gasteiger partial charge in [0.1, 0.15) is 0 Å². The summed E-state index contributed by atoms with van der Waals surface area (Å²) in [6.45, 7) is 0.125. The van der Waals surface area contributed by atoms with Gasteiger partial charge in [-0.2, -0.15) is 0 Å². The van der Waals surface area contributed by atoms with Crippen molar-refractivity contribution in [1.29, 1.82) is 0 Å². The third-order valence-corrected chi connectivity index (χ3v) is 4.02. The van der Waals surface area contributed by atoms with Crippen molar-refractivity contribution in [3.8, 4) is 0 Å². The molecular formula is C18H21NO. The van der Waals surface area contributed by atoms with E-state index in [1.54, 1.807) is 0 Å². The number of hydrogen-bond donors (Lipinski definition) is 2. The monoisotopic (exact) mass is 267 g/mol. The predicted molar refractivity (Wildman–Crippen MR) is 81.3 cm³/mol. The van der Waals surface area contributed by atoms with E-state index in [0.29, 0.717) is 12.0 Å². The molecular weight excluding hydrogens is 246 g/mol. The molecule has 2 atom stereocenters. The Morgan fingerprint density at radius 3 is 1.95 bits per heavy atom. The fraction of sp³-hybridized carbons (Fsp3) is 0.333. The lowest BCUT2D eigenvalue weighted by atomic mass is 9.99. The maximum absolute atomic E-state index is 9.71. The van der Waals surface area contributed by atoms with Gasteiger partial charge in [0.05, 0.1) is 12.6 Å². The molecule has 3 rings (SSSR count). The van der Waals surface area contributed by atoms with Crippen LogP contribution in [0.5, 0.6) is 0 Å². The second-order valence-corrected chi connectivity index (χ2v) is 5.54. The molecule has 2 aromatic rings. The molecule has 2 aromatic carbocycles.